The highest BCUT2D eigenvalue weighted by Gasteiger charge is 2.37. The monoisotopic (exact) mass is 387 g/mol. The summed E-state index contributed by atoms with van der Waals surface area (Å²) in [6, 6.07) is 10.4. The van der Waals surface area contributed by atoms with Crippen molar-refractivity contribution < 1.29 is 22.7 Å². The Balaban J connectivity index is 1.79. The predicted molar refractivity (Wildman–Crippen MR) is 91.5 cm³/mol. The number of amides is 1. The molecular weight excluding hydrogens is 375 g/mol. The lowest BCUT2D eigenvalue weighted by Crippen LogP contribution is -2.32. The van der Waals surface area contributed by atoms with Crippen molar-refractivity contribution in [3.05, 3.63) is 53.1 Å². The van der Waals surface area contributed by atoms with Gasteiger partial charge in [-0.2, -0.15) is 13.2 Å². The lowest BCUT2D eigenvalue weighted by molar-refractivity contribution is -0.137. The highest BCUT2D eigenvalue weighted by molar-refractivity contribution is 7.80. The van der Waals surface area contributed by atoms with Crippen LogP contribution < -0.4 is 9.64 Å². The molecule has 0 N–H and O–H groups in total. The largest absolute Gasteiger partial charge is 0.479 e. The number of hydrogen-bond acceptors (Lipinski definition) is 3. The topological polar surface area (TPSA) is 29.5 Å². The summed E-state index contributed by atoms with van der Waals surface area (Å²) in [7, 11) is 0. The lowest BCUT2D eigenvalue weighted by atomic mass is 10.2. The van der Waals surface area contributed by atoms with Gasteiger partial charge in [0, 0.05) is 23.5 Å². The Bertz CT molecular complexity index is 795. The van der Waals surface area contributed by atoms with Gasteiger partial charge in [-0.3, -0.25) is 4.79 Å². The minimum absolute atomic E-state index is 0.151. The van der Waals surface area contributed by atoms with Gasteiger partial charge in [-0.1, -0.05) is 17.7 Å². The van der Waals surface area contributed by atoms with E-state index in [1.165, 1.54) is 17.0 Å². The first-order chi connectivity index (χ1) is 11.8. The van der Waals surface area contributed by atoms with Gasteiger partial charge in [-0.05, 0) is 36.4 Å². The summed E-state index contributed by atoms with van der Waals surface area (Å²) < 4.78 is 44.2. The minimum Gasteiger partial charge on any atom is -0.479 e. The molecule has 132 valence electrons. The van der Waals surface area contributed by atoms with Gasteiger partial charge in [0.15, 0.2) is 6.10 Å². The number of alkyl halides is 3. The molecular formula is C17H13ClF3NO2S. The number of ether oxygens (including phenoxy) is 1. The van der Waals surface area contributed by atoms with Crippen LogP contribution in [0.5, 0.6) is 5.75 Å². The quantitative estimate of drug-likeness (QED) is 0.764. The molecule has 1 fully saturated rings. The molecule has 2 aromatic rings. The van der Waals surface area contributed by atoms with E-state index in [1.807, 2.05) is 0 Å². The van der Waals surface area contributed by atoms with Crippen LogP contribution in [0.25, 0.3) is 0 Å². The van der Waals surface area contributed by atoms with Crippen molar-refractivity contribution in [3.63, 3.8) is 0 Å². The fourth-order valence-electron chi connectivity index (χ4n) is 2.63. The standard InChI is InChI=1S/C17H13ClF3NO2S/c18-15-12(17(19,20)21)2-1-3-13(15)24-14-8-9-22(16(14)23)10-4-6-11(25)7-5-10/h1-7,14,25H,8-9H2. The molecule has 3 nitrogen and oxygen atoms in total. The van der Waals surface area contributed by atoms with Gasteiger partial charge in [-0.25, -0.2) is 0 Å². The van der Waals surface area contributed by atoms with Crippen LogP contribution in [-0.2, 0) is 11.0 Å². The summed E-state index contributed by atoms with van der Waals surface area (Å²) >= 11 is 10.0. The first-order valence-corrected chi connectivity index (χ1v) is 8.22. The van der Waals surface area contributed by atoms with E-state index in [1.54, 1.807) is 24.3 Å². The summed E-state index contributed by atoms with van der Waals surface area (Å²) in [5.41, 5.74) is -0.303. The van der Waals surface area contributed by atoms with E-state index in [4.69, 9.17) is 16.3 Å². The number of carbonyl (C=O) groups excluding carboxylic acids is 1. The highest BCUT2D eigenvalue weighted by Crippen LogP contribution is 2.40. The minimum atomic E-state index is -4.59. The smallest absolute Gasteiger partial charge is 0.417 e. The number of nitrogens with zero attached hydrogens (tertiary/aromatic N) is 1. The Morgan fingerprint density at radius 3 is 2.48 bits per heavy atom. The summed E-state index contributed by atoms with van der Waals surface area (Å²) in [5, 5.41) is -0.541. The Labute approximate surface area is 152 Å². The van der Waals surface area contributed by atoms with Crippen LogP contribution in [-0.4, -0.2) is 18.6 Å². The maximum absolute atomic E-state index is 12.9. The maximum atomic E-state index is 12.9. The van der Waals surface area contributed by atoms with Gasteiger partial charge in [0.1, 0.15) is 5.75 Å². The van der Waals surface area contributed by atoms with Gasteiger partial charge >= 0.3 is 6.18 Å². The molecule has 0 bridgehead atoms. The van der Waals surface area contributed by atoms with E-state index in [9.17, 15) is 18.0 Å². The molecule has 0 aromatic heterocycles. The van der Waals surface area contributed by atoms with E-state index < -0.39 is 22.9 Å². The van der Waals surface area contributed by atoms with E-state index in [2.05, 4.69) is 12.6 Å². The molecule has 1 heterocycles. The van der Waals surface area contributed by atoms with Crippen LogP contribution in [0.3, 0.4) is 0 Å². The normalized spacial score (nSPS) is 17.9. The van der Waals surface area contributed by atoms with Crippen molar-refractivity contribution in [1.82, 2.24) is 0 Å². The third-order valence-corrected chi connectivity index (χ3v) is 4.54. The van der Waals surface area contributed by atoms with Gasteiger partial charge < -0.3 is 9.64 Å². The number of benzene rings is 2. The molecule has 1 saturated heterocycles. The first-order valence-electron chi connectivity index (χ1n) is 7.40. The van der Waals surface area contributed by atoms with Crippen molar-refractivity contribution in [2.75, 3.05) is 11.4 Å². The van der Waals surface area contributed by atoms with Crippen molar-refractivity contribution in [3.8, 4) is 5.75 Å². The molecule has 1 amide bonds. The fraction of sp³-hybridized carbons (Fsp3) is 0.235. The van der Waals surface area contributed by atoms with Crippen molar-refractivity contribution in [1.29, 1.82) is 0 Å². The van der Waals surface area contributed by atoms with E-state index >= 15 is 0 Å². The van der Waals surface area contributed by atoms with Crippen molar-refractivity contribution in [2.24, 2.45) is 0 Å². The third-order valence-electron chi connectivity index (χ3n) is 3.86. The average molecular weight is 388 g/mol. The zero-order valence-electron chi connectivity index (χ0n) is 12.8. The molecule has 0 saturated carbocycles. The molecule has 1 unspecified atom stereocenters. The number of anilines is 1. The summed E-state index contributed by atoms with van der Waals surface area (Å²) in [6.45, 7) is 0.409. The van der Waals surface area contributed by atoms with Crippen LogP contribution >= 0.6 is 24.2 Å². The fourth-order valence-corrected chi connectivity index (χ4v) is 3.05. The average Bonchev–Trinajstić information content (AvgIpc) is 2.90. The van der Waals surface area contributed by atoms with Crippen LogP contribution in [0, 0.1) is 0 Å². The lowest BCUT2D eigenvalue weighted by Gasteiger charge is -2.18. The third kappa shape index (κ3) is 3.72. The molecule has 3 rings (SSSR count). The molecule has 0 spiro atoms. The predicted octanol–water partition coefficient (Wildman–Crippen LogP) is 4.83. The number of carbonyl (C=O) groups is 1. The van der Waals surface area contributed by atoms with Crippen LogP contribution in [0.15, 0.2) is 47.4 Å². The molecule has 0 radical (unpaired) electrons. The number of rotatable bonds is 3. The SMILES string of the molecule is O=C1C(Oc2cccc(C(F)(F)F)c2Cl)CCN1c1ccc(S)cc1. The second kappa shape index (κ2) is 6.80. The summed E-state index contributed by atoms with van der Waals surface area (Å²) in [5.74, 6) is -0.470. The molecule has 2 aromatic carbocycles. The second-order valence-electron chi connectivity index (χ2n) is 5.52. The van der Waals surface area contributed by atoms with Crippen LogP contribution in [0.1, 0.15) is 12.0 Å². The Morgan fingerprint density at radius 2 is 1.84 bits per heavy atom. The van der Waals surface area contributed by atoms with Gasteiger partial charge in [0.05, 0.1) is 10.6 Å². The highest BCUT2D eigenvalue weighted by atomic mass is 35.5. The van der Waals surface area contributed by atoms with Gasteiger partial charge in [0.25, 0.3) is 5.91 Å². The van der Waals surface area contributed by atoms with Gasteiger partial charge in [-0.15, -0.1) is 12.6 Å². The molecule has 0 aliphatic carbocycles. The first kappa shape index (κ1) is 17.9. The zero-order valence-corrected chi connectivity index (χ0v) is 14.4. The molecule has 1 aliphatic rings. The van der Waals surface area contributed by atoms with E-state index in [-0.39, 0.29) is 11.7 Å². The molecule has 25 heavy (non-hydrogen) atoms. The van der Waals surface area contributed by atoms with Crippen LogP contribution in [0.4, 0.5) is 18.9 Å². The molecule has 1 atom stereocenters. The molecule has 8 heteroatoms. The number of hydrogen-bond donors (Lipinski definition) is 1. The Hall–Kier alpha value is -1.86. The van der Waals surface area contributed by atoms with E-state index in [0.29, 0.717) is 18.7 Å². The molecule has 1 aliphatic heterocycles. The summed E-state index contributed by atoms with van der Waals surface area (Å²) in [4.78, 5) is 14.8. The second-order valence-corrected chi connectivity index (χ2v) is 6.41. The Kier molecular flexibility index (Phi) is 4.88. The number of thiol groups is 1. The zero-order chi connectivity index (χ0) is 18.2. The van der Waals surface area contributed by atoms with Crippen molar-refractivity contribution in [2.45, 2.75) is 23.6 Å². The van der Waals surface area contributed by atoms with Gasteiger partial charge in [0.2, 0.25) is 0 Å². The maximum Gasteiger partial charge on any atom is 0.417 e. The van der Waals surface area contributed by atoms with Crippen LogP contribution in [0.2, 0.25) is 5.02 Å². The number of halogens is 4. The van der Waals surface area contributed by atoms with E-state index in [0.717, 1.165) is 11.0 Å². The Morgan fingerprint density at radius 1 is 1.16 bits per heavy atom. The van der Waals surface area contributed by atoms with Crippen molar-refractivity contribution >= 4 is 35.8 Å². The summed E-state index contributed by atoms with van der Waals surface area (Å²) in [6.07, 6.45) is -5.11.